The number of carbonyl (C=O) groups excluding carboxylic acids is 1. The summed E-state index contributed by atoms with van der Waals surface area (Å²) in [6.07, 6.45) is 0. The molecule has 1 heterocycles. The van der Waals surface area contributed by atoms with Gasteiger partial charge in [0.2, 0.25) is 0 Å². The lowest BCUT2D eigenvalue weighted by molar-refractivity contribution is -0.384. The number of non-ortho nitro benzene ring substituents is 1. The Bertz CT molecular complexity index is 810. The summed E-state index contributed by atoms with van der Waals surface area (Å²) in [6, 6.07) is 13.3. The highest BCUT2D eigenvalue weighted by atomic mass is 32.1. The first-order chi connectivity index (χ1) is 10.6. The molecular weight excluding hydrogens is 302 g/mol. The van der Waals surface area contributed by atoms with Gasteiger partial charge in [-0.2, -0.15) is 0 Å². The molecule has 0 unspecified atom stereocenters. The average Bonchev–Trinajstić information content (AvgIpc) is 2.95. The van der Waals surface area contributed by atoms with Crippen LogP contribution in [0.15, 0.2) is 48.5 Å². The van der Waals surface area contributed by atoms with E-state index in [0.29, 0.717) is 12.1 Å². The van der Waals surface area contributed by atoms with Gasteiger partial charge >= 0.3 is 0 Å². The quantitative estimate of drug-likeness (QED) is 0.592. The predicted molar refractivity (Wildman–Crippen MR) is 83.9 cm³/mol. The molecule has 0 radical (unpaired) electrons. The average molecular weight is 313 g/mol. The van der Waals surface area contributed by atoms with E-state index < -0.39 is 4.92 Å². The molecule has 0 spiro atoms. The van der Waals surface area contributed by atoms with Crippen LogP contribution in [0.1, 0.15) is 15.4 Å². The maximum absolute atomic E-state index is 12.0. The SMILES string of the molecule is O=C(NCc1nc2ccccc2s1)c1ccc([N+](=O)[O-])cc1. The highest BCUT2D eigenvalue weighted by Gasteiger charge is 2.10. The van der Waals surface area contributed by atoms with E-state index in [4.69, 9.17) is 0 Å². The molecule has 0 aliphatic heterocycles. The number of hydrogen-bond acceptors (Lipinski definition) is 5. The number of thiazole rings is 1. The van der Waals surface area contributed by atoms with E-state index in [1.165, 1.54) is 35.6 Å². The fourth-order valence-electron chi connectivity index (χ4n) is 1.99. The Morgan fingerprint density at radius 1 is 1.18 bits per heavy atom. The standard InChI is InChI=1S/C15H11N3O3S/c19-15(10-5-7-11(8-6-10)18(20)21)16-9-14-17-12-3-1-2-4-13(12)22-14/h1-8H,9H2,(H,16,19). The molecule has 3 aromatic rings. The molecule has 0 aliphatic carbocycles. The highest BCUT2D eigenvalue weighted by Crippen LogP contribution is 2.21. The van der Waals surface area contributed by atoms with E-state index in [9.17, 15) is 14.9 Å². The normalized spacial score (nSPS) is 10.5. The number of fused-ring (bicyclic) bond motifs is 1. The van der Waals surface area contributed by atoms with Crippen LogP contribution in [0.5, 0.6) is 0 Å². The zero-order chi connectivity index (χ0) is 15.5. The van der Waals surface area contributed by atoms with Crippen molar-refractivity contribution in [3.63, 3.8) is 0 Å². The number of nitrogens with zero attached hydrogens (tertiary/aromatic N) is 2. The molecule has 1 aromatic heterocycles. The summed E-state index contributed by atoms with van der Waals surface area (Å²) < 4.78 is 1.07. The summed E-state index contributed by atoms with van der Waals surface area (Å²) >= 11 is 1.53. The van der Waals surface area contributed by atoms with E-state index in [-0.39, 0.29) is 11.6 Å². The monoisotopic (exact) mass is 313 g/mol. The first-order valence-electron chi connectivity index (χ1n) is 6.50. The molecule has 6 nitrogen and oxygen atoms in total. The third kappa shape index (κ3) is 2.94. The van der Waals surface area contributed by atoms with E-state index >= 15 is 0 Å². The Balaban J connectivity index is 1.67. The van der Waals surface area contributed by atoms with Crippen molar-refractivity contribution in [2.75, 3.05) is 0 Å². The summed E-state index contributed by atoms with van der Waals surface area (Å²) in [5.74, 6) is -0.283. The van der Waals surface area contributed by atoms with Crippen LogP contribution >= 0.6 is 11.3 Å². The number of nitro groups is 1. The van der Waals surface area contributed by atoms with Crippen LogP contribution in [-0.2, 0) is 6.54 Å². The number of amides is 1. The van der Waals surface area contributed by atoms with Crippen molar-refractivity contribution in [1.29, 1.82) is 0 Å². The van der Waals surface area contributed by atoms with Gasteiger partial charge in [0, 0.05) is 17.7 Å². The fourth-order valence-corrected chi connectivity index (χ4v) is 2.90. The van der Waals surface area contributed by atoms with Gasteiger partial charge in [-0.25, -0.2) is 4.98 Å². The molecule has 1 N–H and O–H groups in total. The molecule has 0 bridgehead atoms. The largest absolute Gasteiger partial charge is 0.346 e. The van der Waals surface area contributed by atoms with E-state index in [1.54, 1.807) is 0 Å². The number of benzene rings is 2. The maximum atomic E-state index is 12.0. The van der Waals surface area contributed by atoms with Gasteiger partial charge in [-0.15, -0.1) is 11.3 Å². The van der Waals surface area contributed by atoms with E-state index in [1.807, 2.05) is 24.3 Å². The maximum Gasteiger partial charge on any atom is 0.269 e. The minimum Gasteiger partial charge on any atom is -0.346 e. The van der Waals surface area contributed by atoms with Gasteiger partial charge in [0.1, 0.15) is 5.01 Å². The van der Waals surface area contributed by atoms with Crippen molar-refractivity contribution < 1.29 is 9.72 Å². The number of carbonyl (C=O) groups is 1. The molecule has 3 rings (SSSR count). The minimum atomic E-state index is -0.497. The Morgan fingerprint density at radius 2 is 1.91 bits per heavy atom. The Labute approximate surface area is 129 Å². The van der Waals surface area contributed by atoms with Gasteiger partial charge in [0.25, 0.3) is 11.6 Å². The highest BCUT2D eigenvalue weighted by molar-refractivity contribution is 7.18. The van der Waals surface area contributed by atoms with Crippen LogP contribution in [0.3, 0.4) is 0 Å². The summed E-state index contributed by atoms with van der Waals surface area (Å²) in [5.41, 5.74) is 1.25. The molecule has 0 saturated heterocycles. The lowest BCUT2D eigenvalue weighted by Gasteiger charge is -2.02. The Kier molecular flexibility index (Phi) is 3.80. The van der Waals surface area contributed by atoms with Gasteiger partial charge in [-0.3, -0.25) is 14.9 Å². The van der Waals surface area contributed by atoms with E-state index in [2.05, 4.69) is 10.3 Å². The van der Waals surface area contributed by atoms with Gasteiger partial charge < -0.3 is 5.32 Å². The third-order valence-electron chi connectivity index (χ3n) is 3.08. The molecule has 110 valence electrons. The first kappa shape index (κ1) is 14.2. The van der Waals surface area contributed by atoms with Gasteiger partial charge in [-0.1, -0.05) is 12.1 Å². The number of para-hydroxylation sites is 1. The second-order valence-electron chi connectivity index (χ2n) is 4.56. The number of aromatic nitrogens is 1. The van der Waals surface area contributed by atoms with Crippen LogP contribution in [0.25, 0.3) is 10.2 Å². The van der Waals surface area contributed by atoms with E-state index in [0.717, 1.165) is 15.2 Å². The molecular formula is C15H11N3O3S. The molecule has 22 heavy (non-hydrogen) atoms. The van der Waals surface area contributed by atoms with Crippen molar-refractivity contribution in [3.8, 4) is 0 Å². The molecule has 0 saturated carbocycles. The lowest BCUT2D eigenvalue weighted by Crippen LogP contribution is -2.22. The van der Waals surface area contributed by atoms with Gasteiger partial charge in [-0.05, 0) is 24.3 Å². The summed E-state index contributed by atoms with van der Waals surface area (Å²) in [4.78, 5) is 26.5. The minimum absolute atomic E-state index is 0.0391. The zero-order valence-corrected chi connectivity index (χ0v) is 12.2. The first-order valence-corrected chi connectivity index (χ1v) is 7.32. The van der Waals surface area contributed by atoms with Crippen LogP contribution in [0.2, 0.25) is 0 Å². The van der Waals surface area contributed by atoms with Crippen LogP contribution in [-0.4, -0.2) is 15.8 Å². The summed E-state index contributed by atoms with van der Waals surface area (Å²) in [7, 11) is 0. The van der Waals surface area contributed by atoms with Gasteiger partial charge in [0.05, 0.1) is 21.7 Å². The predicted octanol–water partition coefficient (Wildman–Crippen LogP) is 3.13. The summed E-state index contributed by atoms with van der Waals surface area (Å²) in [5, 5.41) is 14.2. The molecule has 0 fully saturated rings. The van der Waals surface area contributed by atoms with Crippen LogP contribution in [0, 0.1) is 10.1 Å². The topological polar surface area (TPSA) is 85.1 Å². The van der Waals surface area contributed by atoms with Crippen molar-refractivity contribution >= 4 is 33.1 Å². The number of nitrogens with one attached hydrogen (secondary N) is 1. The number of hydrogen-bond donors (Lipinski definition) is 1. The molecule has 2 aromatic carbocycles. The molecule has 7 heteroatoms. The van der Waals surface area contributed by atoms with Crippen molar-refractivity contribution in [3.05, 3.63) is 69.2 Å². The lowest BCUT2D eigenvalue weighted by atomic mass is 10.2. The van der Waals surface area contributed by atoms with Crippen LogP contribution in [0.4, 0.5) is 5.69 Å². The fraction of sp³-hybridized carbons (Fsp3) is 0.0667. The van der Waals surface area contributed by atoms with Crippen molar-refractivity contribution in [1.82, 2.24) is 10.3 Å². The third-order valence-corrected chi connectivity index (χ3v) is 4.12. The van der Waals surface area contributed by atoms with Crippen molar-refractivity contribution in [2.24, 2.45) is 0 Å². The molecule has 0 aliphatic rings. The summed E-state index contributed by atoms with van der Waals surface area (Å²) in [6.45, 7) is 0.329. The zero-order valence-electron chi connectivity index (χ0n) is 11.4. The second-order valence-corrected chi connectivity index (χ2v) is 5.68. The Morgan fingerprint density at radius 3 is 2.59 bits per heavy atom. The smallest absolute Gasteiger partial charge is 0.269 e. The Hall–Kier alpha value is -2.80. The van der Waals surface area contributed by atoms with Crippen LogP contribution < -0.4 is 5.32 Å². The van der Waals surface area contributed by atoms with Gasteiger partial charge in [0.15, 0.2) is 0 Å². The number of nitro benzene ring substituents is 1. The molecule has 1 amide bonds. The molecule has 0 atom stereocenters. The van der Waals surface area contributed by atoms with Crippen molar-refractivity contribution in [2.45, 2.75) is 6.54 Å². The number of rotatable bonds is 4. The second kappa shape index (κ2) is 5.90.